The van der Waals surface area contributed by atoms with Gasteiger partial charge in [-0.15, -0.1) is 12.4 Å². The van der Waals surface area contributed by atoms with Crippen LogP contribution in [0, 0.1) is 0 Å². The largest absolute Gasteiger partial charge is 0.411 e. The van der Waals surface area contributed by atoms with Crippen LogP contribution in [-0.2, 0) is 14.3 Å². The first-order valence-electron chi connectivity index (χ1n) is 7.92. The lowest BCUT2D eigenvalue weighted by atomic mass is 10.2. The summed E-state index contributed by atoms with van der Waals surface area (Å²) in [7, 11) is 0. The lowest BCUT2D eigenvalue weighted by molar-refractivity contribution is -0.174. The normalized spacial score (nSPS) is 23.0. The lowest BCUT2D eigenvalue weighted by Gasteiger charge is -2.37. The van der Waals surface area contributed by atoms with Crippen molar-refractivity contribution in [2.45, 2.75) is 18.6 Å². The molecule has 1 N–H and O–H groups in total. The highest BCUT2D eigenvalue weighted by atomic mass is 35.5. The van der Waals surface area contributed by atoms with Crippen molar-refractivity contribution in [3.8, 4) is 0 Å². The summed E-state index contributed by atoms with van der Waals surface area (Å²) in [5, 5.41) is 3.15. The summed E-state index contributed by atoms with van der Waals surface area (Å²) in [4.78, 5) is 16.3. The summed E-state index contributed by atoms with van der Waals surface area (Å²) >= 11 is 0. The molecule has 0 aliphatic carbocycles. The number of amides is 1. The number of carbonyl (C=O) groups excluding carboxylic acids is 1. The van der Waals surface area contributed by atoms with E-state index in [4.69, 9.17) is 4.74 Å². The number of piperazine rings is 1. The van der Waals surface area contributed by atoms with Crippen molar-refractivity contribution in [3.63, 3.8) is 0 Å². The van der Waals surface area contributed by atoms with Crippen LogP contribution in [-0.4, -0.2) is 93.6 Å². The molecule has 6 nitrogen and oxygen atoms in total. The van der Waals surface area contributed by atoms with E-state index < -0.39 is 12.8 Å². The van der Waals surface area contributed by atoms with Crippen LogP contribution >= 0.6 is 12.4 Å². The number of hydrogen-bond donors (Lipinski definition) is 1. The Morgan fingerprint density at radius 2 is 1.96 bits per heavy atom. The molecule has 0 aromatic carbocycles. The van der Waals surface area contributed by atoms with Crippen LogP contribution in [0.15, 0.2) is 0 Å². The average molecular weight is 376 g/mol. The van der Waals surface area contributed by atoms with E-state index in [9.17, 15) is 18.0 Å². The zero-order valence-electron chi connectivity index (χ0n) is 13.5. The van der Waals surface area contributed by atoms with Crippen LogP contribution < -0.4 is 5.32 Å². The molecule has 0 aromatic heterocycles. The Morgan fingerprint density at radius 3 is 2.54 bits per heavy atom. The van der Waals surface area contributed by atoms with Crippen LogP contribution in [0.2, 0.25) is 0 Å². The van der Waals surface area contributed by atoms with Crippen molar-refractivity contribution < 1.29 is 27.4 Å². The molecule has 24 heavy (non-hydrogen) atoms. The van der Waals surface area contributed by atoms with E-state index >= 15 is 0 Å². The van der Waals surface area contributed by atoms with Crippen molar-refractivity contribution >= 4 is 18.3 Å². The smallest absolute Gasteiger partial charge is 0.378 e. The maximum Gasteiger partial charge on any atom is 0.411 e. The second kappa shape index (κ2) is 10.4. The summed E-state index contributed by atoms with van der Waals surface area (Å²) in [6.45, 7) is 4.08. The third-order valence-electron chi connectivity index (χ3n) is 3.93. The minimum Gasteiger partial charge on any atom is -0.378 e. The molecule has 0 spiro atoms. The second-order valence-electron chi connectivity index (χ2n) is 5.77. The molecule has 1 atom stereocenters. The standard InChI is InChI=1S/C14H24F3N3O3.ClH/c15-14(16,17)11-23-8-1-3-19-4-6-20(7-5-19)13(21)12-10-22-9-2-18-12;/h12,18H,1-11H2;1H. The Morgan fingerprint density at radius 1 is 1.25 bits per heavy atom. The van der Waals surface area contributed by atoms with Crippen molar-refractivity contribution in [2.24, 2.45) is 0 Å². The predicted molar refractivity (Wildman–Crippen MR) is 84.4 cm³/mol. The number of morpholine rings is 1. The fourth-order valence-corrected chi connectivity index (χ4v) is 2.71. The van der Waals surface area contributed by atoms with E-state index in [1.165, 1.54) is 0 Å². The summed E-state index contributed by atoms with van der Waals surface area (Å²) in [5.41, 5.74) is 0. The maximum atomic E-state index is 12.3. The third-order valence-corrected chi connectivity index (χ3v) is 3.93. The van der Waals surface area contributed by atoms with Crippen LogP contribution in [0.25, 0.3) is 0 Å². The minimum absolute atomic E-state index is 0. The molecule has 0 aromatic rings. The summed E-state index contributed by atoms with van der Waals surface area (Å²) < 4.78 is 45.7. The van der Waals surface area contributed by atoms with Crippen molar-refractivity contribution in [2.75, 3.05) is 65.7 Å². The van der Waals surface area contributed by atoms with E-state index in [0.29, 0.717) is 45.8 Å². The van der Waals surface area contributed by atoms with Gasteiger partial charge in [0.25, 0.3) is 0 Å². The number of alkyl halides is 3. The highest BCUT2D eigenvalue weighted by molar-refractivity contribution is 5.85. The van der Waals surface area contributed by atoms with E-state index in [1.807, 2.05) is 4.90 Å². The number of rotatable bonds is 6. The van der Waals surface area contributed by atoms with Crippen molar-refractivity contribution in [1.29, 1.82) is 0 Å². The zero-order valence-corrected chi connectivity index (χ0v) is 14.3. The molecule has 10 heteroatoms. The molecule has 2 rings (SSSR count). The van der Waals surface area contributed by atoms with Crippen LogP contribution in [0.4, 0.5) is 13.2 Å². The number of halogens is 4. The quantitative estimate of drug-likeness (QED) is 0.686. The molecule has 1 amide bonds. The maximum absolute atomic E-state index is 12.3. The van der Waals surface area contributed by atoms with Crippen LogP contribution in [0.5, 0.6) is 0 Å². The Balaban J connectivity index is 0.00000288. The first-order chi connectivity index (χ1) is 11.0. The highest BCUT2D eigenvalue weighted by Crippen LogP contribution is 2.14. The minimum atomic E-state index is -4.26. The van der Waals surface area contributed by atoms with Gasteiger partial charge in [-0.25, -0.2) is 0 Å². The molecule has 0 radical (unpaired) electrons. The predicted octanol–water partition coefficient (Wildman–Crippen LogP) is 0.510. The van der Waals surface area contributed by atoms with Gasteiger partial charge >= 0.3 is 6.18 Å². The summed E-state index contributed by atoms with van der Waals surface area (Å²) in [6.07, 6.45) is -3.70. The van der Waals surface area contributed by atoms with Crippen LogP contribution in [0.1, 0.15) is 6.42 Å². The molecule has 1 unspecified atom stereocenters. The number of ether oxygens (including phenoxy) is 2. The van der Waals surface area contributed by atoms with Gasteiger partial charge in [-0.2, -0.15) is 13.2 Å². The van der Waals surface area contributed by atoms with E-state index in [0.717, 1.165) is 13.1 Å². The SMILES string of the molecule is Cl.O=C(C1COCCN1)N1CCN(CCCOCC(F)(F)F)CC1. The summed E-state index contributed by atoms with van der Waals surface area (Å²) in [5.74, 6) is 0.0675. The van der Waals surface area contributed by atoms with Gasteiger partial charge in [0, 0.05) is 45.9 Å². The fraction of sp³-hybridized carbons (Fsp3) is 0.929. The molecule has 2 fully saturated rings. The fourth-order valence-electron chi connectivity index (χ4n) is 2.71. The average Bonchev–Trinajstić information content (AvgIpc) is 2.54. The molecular weight excluding hydrogens is 351 g/mol. The Kier molecular flexibility index (Phi) is 9.28. The second-order valence-corrected chi connectivity index (χ2v) is 5.77. The number of hydrogen-bond acceptors (Lipinski definition) is 5. The molecule has 2 saturated heterocycles. The summed E-state index contributed by atoms with van der Waals surface area (Å²) in [6, 6.07) is -0.258. The van der Waals surface area contributed by atoms with Gasteiger partial charge in [0.1, 0.15) is 12.6 Å². The molecule has 2 aliphatic heterocycles. The molecule has 142 valence electrons. The molecular formula is C14H25ClF3N3O3. The molecule has 2 aliphatic rings. The van der Waals surface area contributed by atoms with Crippen molar-refractivity contribution in [3.05, 3.63) is 0 Å². The number of carbonyl (C=O) groups is 1. The first kappa shape index (κ1) is 21.4. The van der Waals surface area contributed by atoms with Crippen molar-refractivity contribution in [1.82, 2.24) is 15.1 Å². The number of nitrogens with one attached hydrogen (secondary N) is 1. The monoisotopic (exact) mass is 375 g/mol. The van der Waals surface area contributed by atoms with E-state index in [-0.39, 0.29) is 31.0 Å². The Labute approximate surface area is 146 Å². The van der Waals surface area contributed by atoms with Gasteiger partial charge in [-0.3, -0.25) is 9.69 Å². The van der Waals surface area contributed by atoms with E-state index in [1.54, 1.807) is 0 Å². The molecule has 0 bridgehead atoms. The Hall–Kier alpha value is -0.610. The van der Waals surface area contributed by atoms with E-state index in [2.05, 4.69) is 15.0 Å². The lowest BCUT2D eigenvalue weighted by Crippen LogP contribution is -2.57. The van der Waals surface area contributed by atoms with Gasteiger partial charge in [-0.05, 0) is 6.42 Å². The third kappa shape index (κ3) is 7.52. The van der Waals surface area contributed by atoms with Gasteiger partial charge in [-0.1, -0.05) is 0 Å². The number of nitrogens with zero attached hydrogens (tertiary/aromatic N) is 2. The van der Waals surface area contributed by atoms with Gasteiger partial charge < -0.3 is 19.7 Å². The highest BCUT2D eigenvalue weighted by Gasteiger charge is 2.29. The molecule has 2 heterocycles. The zero-order chi connectivity index (χ0) is 16.7. The van der Waals surface area contributed by atoms with Gasteiger partial charge in [0.2, 0.25) is 5.91 Å². The van der Waals surface area contributed by atoms with Gasteiger partial charge in [0.05, 0.1) is 13.2 Å². The first-order valence-corrected chi connectivity index (χ1v) is 7.92. The molecule has 0 saturated carbocycles. The van der Waals surface area contributed by atoms with Gasteiger partial charge in [0.15, 0.2) is 0 Å². The topological polar surface area (TPSA) is 54.0 Å². The Bertz CT molecular complexity index is 374. The van der Waals surface area contributed by atoms with Crippen LogP contribution in [0.3, 0.4) is 0 Å².